The fraction of sp³-hybridized carbons (Fsp3) is 0.429. The first-order valence-corrected chi connectivity index (χ1v) is 14.1. The van der Waals surface area contributed by atoms with Crippen LogP contribution in [0.25, 0.3) is 22.3 Å². The van der Waals surface area contributed by atoms with Crippen LogP contribution in [-0.2, 0) is 18.3 Å². The van der Waals surface area contributed by atoms with E-state index in [2.05, 4.69) is 26.7 Å². The van der Waals surface area contributed by atoms with Gasteiger partial charge in [0.05, 0.1) is 24.4 Å². The second-order valence-corrected chi connectivity index (χ2v) is 11.0. The number of nitrogens with zero attached hydrogens (tertiary/aromatic N) is 7. The molecule has 0 amide bonds. The molecule has 1 aliphatic heterocycles. The number of pyridine rings is 1. The van der Waals surface area contributed by atoms with Crippen LogP contribution in [0.15, 0.2) is 52.4 Å². The fourth-order valence-electron chi connectivity index (χ4n) is 4.98. The van der Waals surface area contributed by atoms with Crippen molar-refractivity contribution < 1.29 is 13.5 Å². The van der Waals surface area contributed by atoms with Gasteiger partial charge >= 0.3 is 0 Å². The minimum absolute atomic E-state index is 0.200. The molecule has 1 aliphatic rings. The van der Waals surface area contributed by atoms with Gasteiger partial charge in [0.15, 0.2) is 5.65 Å². The Morgan fingerprint density at radius 1 is 1.15 bits per heavy atom. The molecule has 0 radical (unpaired) electrons. The van der Waals surface area contributed by atoms with Crippen molar-refractivity contribution in [1.29, 1.82) is 0 Å². The Morgan fingerprint density at radius 2 is 1.93 bits per heavy atom. The molecule has 212 valence electrons. The maximum atomic E-state index is 13.2. The van der Waals surface area contributed by atoms with Crippen LogP contribution in [0.1, 0.15) is 25.0 Å². The molecule has 0 aliphatic carbocycles. The minimum Gasteiger partial charge on any atom is -0.366 e. The summed E-state index contributed by atoms with van der Waals surface area (Å²) in [4.78, 5) is 32.0. The lowest BCUT2D eigenvalue weighted by molar-refractivity contribution is 0.00968. The third-order valence-corrected chi connectivity index (χ3v) is 8.03. The Balaban J connectivity index is 1.41. The molecule has 1 aromatic carbocycles. The molecule has 5 rings (SSSR count). The highest BCUT2D eigenvalue weighted by Gasteiger charge is 2.25. The van der Waals surface area contributed by atoms with Gasteiger partial charge in [-0.05, 0) is 44.5 Å². The van der Waals surface area contributed by atoms with E-state index in [9.17, 15) is 13.6 Å². The number of aryl methyl sites for hydroxylation is 1. The second kappa shape index (κ2) is 12.0. The molecule has 0 unspecified atom stereocenters. The molecule has 4 aromatic rings. The number of ether oxygens (including phenoxy) is 1. The summed E-state index contributed by atoms with van der Waals surface area (Å²) in [5, 5.41) is 0.457. The van der Waals surface area contributed by atoms with E-state index in [0.717, 1.165) is 30.8 Å². The van der Waals surface area contributed by atoms with E-state index >= 15 is 0 Å². The van der Waals surface area contributed by atoms with Crippen molar-refractivity contribution in [2.24, 2.45) is 7.05 Å². The van der Waals surface area contributed by atoms with Gasteiger partial charge in [-0.15, -0.1) is 0 Å². The molecule has 1 atom stereocenters. The number of benzene rings is 1. The van der Waals surface area contributed by atoms with Crippen LogP contribution in [0.2, 0.25) is 0 Å². The smallest absolute Gasteiger partial charge is 0.288 e. The topological polar surface area (TPSA) is 81.3 Å². The summed E-state index contributed by atoms with van der Waals surface area (Å²) in [5.74, 6) is -1.88. The molecule has 0 N–H and O–H groups in total. The summed E-state index contributed by atoms with van der Waals surface area (Å²) < 4.78 is 35.2. The zero-order valence-corrected chi connectivity index (χ0v) is 23.9. The van der Waals surface area contributed by atoms with Gasteiger partial charge in [0.25, 0.3) is 11.3 Å². The lowest BCUT2D eigenvalue weighted by atomic mass is 10.1. The Labute approximate surface area is 235 Å². The minimum atomic E-state index is -2.54. The molecule has 1 fully saturated rings. The molecule has 0 saturated carbocycles. The predicted octanol–water partition coefficient (Wildman–Crippen LogP) is 4.37. The van der Waals surface area contributed by atoms with Crippen molar-refractivity contribution in [3.05, 3.63) is 64.2 Å². The molecule has 40 heavy (non-hydrogen) atoms. The Hall–Kier alpha value is -3.35. The largest absolute Gasteiger partial charge is 0.366 e. The van der Waals surface area contributed by atoms with Crippen LogP contribution in [0, 0.1) is 6.92 Å². The number of aromatic nitrogens is 5. The zero-order chi connectivity index (χ0) is 28.4. The van der Waals surface area contributed by atoms with Crippen LogP contribution in [0.4, 0.5) is 14.7 Å². The molecule has 9 nitrogen and oxygen atoms in total. The number of hydrogen-bond acceptors (Lipinski definition) is 8. The van der Waals surface area contributed by atoms with Gasteiger partial charge in [-0.1, -0.05) is 29.5 Å². The van der Waals surface area contributed by atoms with Crippen LogP contribution < -0.4 is 10.5 Å². The average molecular weight is 570 g/mol. The SMILES string of the molecule is CCOCN1CCN(c2ncc(-c3ccc4c(=O)n(C)n(Cc5cc(C)ccc5SC(F)F)c4n3)cn2)C[C@H]1C. The van der Waals surface area contributed by atoms with E-state index in [-0.39, 0.29) is 12.1 Å². The fourth-order valence-corrected chi connectivity index (χ4v) is 5.59. The maximum Gasteiger partial charge on any atom is 0.288 e. The maximum absolute atomic E-state index is 13.2. The van der Waals surface area contributed by atoms with Crippen molar-refractivity contribution in [2.45, 2.75) is 44.0 Å². The number of piperazine rings is 1. The first-order valence-electron chi connectivity index (χ1n) is 13.2. The number of thioether (sulfide) groups is 1. The first-order chi connectivity index (χ1) is 19.2. The van der Waals surface area contributed by atoms with Gasteiger partial charge in [0, 0.05) is 62.2 Å². The van der Waals surface area contributed by atoms with E-state index in [4.69, 9.17) is 9.72 Å². The van der Waals surface area contributed by atoms with Gasteiger partial charge in [0.2, 0.25) is 5.95 Å². The van der Waals surface area contributed by atoms with Gasteiger partial charge in [-0.25, -0.2) is 15.0 Å². The van der Waals surface area contributed by atoms with Crippen molar-refractivity contribution >= 4 is 28.7 Å². The quantitative estimate of drug-likeness (QED) is 0.275. The first kappa shape index (κ1) is 28.2. The number of anilines is 1. The zero-order valence-electron chi connectivity index (χ0n) is 23.0. The Kier molecular flexibility index (Phi) is 8.48. The summed E-state index contributed by atoms with van der Waals surface area (Å²) in [6.07, 6.45) is 3.49. The van der Waals surface area contributed by atoms with E-state index in [1.54, 1.807) is 42.3 Å². The highest BCUT2D eigenvalue weighted by atomic mass is 32.2. The number of fused-ring (bicyclic) bond motifs is 1. The molecule has 4 heterocycles. The summed E-state index contributed by atoms with van der Waals surface area (Å²) in [6.45, 7) is 10.1. The molecule has 12 heteroatoms. The van der Waals surface area contributed by atoms with Gasteiger partial charge < -0.3 is 9.64 Å². The van der Waals surface area contributed by atoms with Crippen LogP contribution in [0.5, 0.6) is 0 Å². The van der Waals surface area contributed by atoms with E-state index in [0.29, 0.717) is 64.3 Å². The van der Waals surface area contributed by atoms with E-state index in [1.165, 1.54) is 4.68 Å². The number of hydrogen-bond donors (Lipinski definition) is 0. The van der Waals surface area contributed by atoms with Crippen LogP contribution in [0.3, 0.4) is 0 Å². The normalized spacial score (nSPS) is 16.4. The number of rotatable bonds is 9. The van der Waals surface area contributed by atoms with Gasteiger partial charge in [-0.3, -0.25) is 19.1 Å². The molecular formula is C28H33F2N7O2S. The number of halogens is 2. The highest BCUT2D eigenvalue weighted by Crippen LogP contribution is 2.30. The standard InChI is InChI=1S/C28H33F2N7O2S/c1-5-39-17-36-11-10-35(15-19(36)3)28-31-13-21(14-32-28)23-8-7-22-25(33-23)37(34(4)26(22)38)16-20-12-18(2)6-9-24(20)40-27(29)30/h6-9,12-14,19,27H,5,10-11,15-17H2,1-4H3/t19-/m1/s1. The number of alkyl halides is 2. The summed E-state index contributed by atoms with van der Waals surface area (Å²) in [7, 11) is 1.66. The van der Waals surface area contributed by atoms with E-state index in [1.807, 2.05) is 26.0 Å². The molecular weight excluding hydrogens is 536 g/mol. The Morgan fingerprint density at radius 3 is 2.62 bits per heavy atom. The van der Waals surface area contributed by atoms with Gasteiger partial charge in [0.1, 0.15) is 0 Å². The summed E-state index contributed by atoms with van der Waals surface area (Å²) in [6, 6.07) is 9.22. The third kappa shape index (κ3) is 5.89. The summed E-state index contributed by atoms with van der Waals surface area (Å²) >= 11 is 0.504. The lowest BCUT2D eigenvalue weighted by Gasteiger charge is -2.39. The predicted molar refractivity (Wildman–Crippen MR) is 153 cm³/mol. The monoisotopic (exact) mass is 569 g/mol. The molecule has 0 bridgehead atoms. The lowest BCUT2D eigenvalue weighted by Crippen LogP contribution is -2.52. The van der Waals surface area contributed by atoms with Crippen LogP contribution in [-0.4, -0.2) is 74.0 Å². The van der Waals surface area contributed by atoms with Gasteiger partial charge in [-0.2, -0.15) is 8.78 Å². The summed E-state index contributed by atoms with van der Waals surface area (Å²) in [5.41, 5.74) is 3.27. The van der Waals surface area contributed by atoms with Crippen LogP contribution >= 0.6 is 11.8 Å². The van der Waals surface area contributed by atoms with Crippen molar-refractivity contribution in [3.8, 4) is 11.3 Å². The molecule has 0 spiro atoms. The van der Waals surface area contributed by atoms with Crippen molar-refractivity contribution in [3.63, 3.8) is 0 Å². The van der Waals surface area contributed by atoms with Crippen molar-refractivity contribution in [1.82, 2.24) is 29.2 Å². The molecule has 1 saturated heterocycles. The van der Waals surface area contributed by atoms with Crippen molar-refractivity contribution in [2.75, 3.05) is 37.9 Å². The third-order valence-electron chi connectivity index (χ3n) is 7.20. The average Bonchev–Trinajstić information content (AvgIpc) is 3.18. The second-order valence-electron chi connectivity index (χ2n) is 9.94. The highest BCUT2D eigenvalue weighted by molar-refractivity contribution is 7.99. The Bertz CT molecular complexity index is 1540. The molecule has 3 aromatic heterocycles. The van der Waals surface area contributed by atoms with E-state index < -0.39 is 5.76 Å².